The van der Waals surface area contributed by atoms with E-state index in [9.17, 15) is 9.18 Å². The molecular formula is C17H22FNO. The zero-order valence-electron chi connectivity index (χ0n) is 11.8. The van der Waals surface area contributed by atoms with Crippen molar-refractivity contribution >= 4 is 5.91 Å². The van der Waals surface area contributed by atoms with Crippen LogP contribution in [0.15, 0.2) is 24.3 Å². The molecule has 2 aliphatic rings. The van der Waals surface area contributed by atoms with Crippen molar-refractivity contribution in [2.45, 2.75) is 50.4 Å². The number of rotatable bonds is 5. The molecule has 0 spiro atoms. The molecule has 3 rings (SSSR count). The summed E-state index contributed by atoms with van der Waals surface area (Å²) >= 11 is 0. The van der Waals surface area contributed by atoms with E-state index < -0.39 is 0 Å². The van der Waals surface area contributed by atoms with Gasteiger partial charge in [-0.05, 0) is 49.3 Å². The summed E-state index contributed by atoms with van der Waals surface area (Å²) in [5.41, 5.74) is 1.22. The van der Waals surface area contributed by atoms with E-state index in [4.69, 9.17) is 0 Å². The van der Waals surface area contributed by atoms with Crippen LogP contribution in [-0.2, 0) is 10.2 Å². The minimum atomic E-state index is -0.199. The summed E-state index contributed by atoms with van der Waals surface area (Å²) in [5.74, 6) is 0.580. The summed E-state index contributed by atoms with van der Waals surface area (Å²) in [7, 11) is 0. The Hall–Kier alpha value is -1.38. The predicted molar refractivity (Wildman–Crippen MR) is 76.9 cm³/mol. The second-order valence-corrected chi connectivity index (χ2v) is 6.42. The lowest BCUT2D eigenvalue weighted by atomic mass is 9.95. The topological polar surface area (TPSA) is 29.1 Å². The van der Waals surface area contributed by atoms with E-state index in [1.54, 1.807) is 0 Å². The predicted octanol–water partition coefficient (Wildman–Crippen LogP) is 3.55. The normalized spacial score (nSPS) is 20.9. The number of halogens is 1. The molecule has 2 saturated carbocycles. The molecule has 0 bridgehead atoms. The first kappa shape index (κ1) is 13.6. The third kappa shape index (κ3) is 3.02. The van der Waals surface area contributed by atoms with E-state index in [1.807, 2.05) is 12.1 Å². The van der Waals surface area contributed by atoms with E-state index in [0.717, 1.165) is 18.4 Å². The summed E-state index contributed by atoms with van der Waals surface area (Å²) in [5, 5.41) is 3.09. The maximum Gasteiger partial charge on any atom is 0.220 e. The molecule has 20 heavy (non-hydrogen) atoms. The highest BCUT2D eigenvalue weighted by molar-refractivity contribution is 5.76. The Morgan fingerprint density at radius 2 is 1.85 bits per heavy atom. The van der Waals surface area contributed by atoms with Gasteiger partial charge in [0, 0.05) is 18.4 Å². The van der Waals surface area contributed by atoms with Crippen LogP contribution >= 0.6 is 0 Å². The van der Waals surface area contributed by atoms with Gasteiger partial charge < -0.3 is 5.32 Å². The highest BCUT2D eigenvalue weighted by Crippen LogP contribution is 2.47. The Balaban J connectivity index is 1.52. The quantitative estimate of drug-likeness (QED) is 0.874. The molecule has 0 radical (unpaired) electrons. The van der Waals surface area contributed by atoms with Crippen molar-refractivity contribution in [1.82, 2.24) is 5.32 Å². The molecule has 2 aliphatic carbocycles. The lowest BCUT2D eigenvalue weighted by Gasteiger charge is -2.17. The number of carbonyl (C=O) groups is 1. The van der Waals surface area contributed by atoms with E-state index in [-0.39, 0.29) is 17.1 Å². The van der Waals surface area contributed by atoms with Crippen LogP contribution in [0.25, 0.3) is 0 Å². The molecule has 2 fully saturated rings. The minimum Gasteiger partial charge on any atom is -0.355 e. The SMILES string of the molecule is O=C(CC1CCCC1)NCC1(c2ccc(F)cc2)CC1. The van der Waals surface area contributed by atoms with Crippen LogP contribution in [-0.4, -0.2) is 12.5 Å². The third-order valence-corrected chi connectivity index (χ3v) is 4.88. The average Bonchev–Trinajstić information content (AvgIpc) is 3.07. The van der Waals surface area contributed by atoms with Gasteiger partial charge in [-0.1, -0.05) is 25.0 Å². The summed E-state index contributed by atoms with van der Waals surface area (Å²) in [6.07, 6.45) is 7.81. The highest BCUT2D eigenvalue weighted by Gasteiger charge is 2.44. The molecule has 3 heteroatoms. The van der Waals surface area contributed by atoms with Gasteiger partial charge in [0.1, 0.15) is 5.82 Å². The maximum atomic E-state index is 13.0. The van der Waals surface area contributed by atoms with E-state index >= 15 is 0 Å². The van der Waals surface area contributed by atoms with E-state index in [0.29, 0.717) is 18.9 Å². The van der Waals surface area contributed by atoms with Gasteiger partial charge in [-0.3, -0.25) is 4.79 Å². The second kappa shape index (κ2) is 5.55. The smallest absolute Gasteiger partial charge is 0.220 e. The Bertz CT molecular complexity index is 472. The minimum absolute atomic E-state index is 0.0685. The first-order valence-corrected chi connectivity index (χ1v) is 7.71. The molecule has 1 amide bonds. The van der Waals surface area contributed by atoms with Crippen molar-refractivity contribution in [3.8, 4) is 0 Å². The molecule has 0 heterocycles. The Morgan fingerprint density at radius 3 is 2.45 bits per heavy atom. The third-order valence-electron chi connectivity index (χ3n) is 4.88. The molecule has 1 aromatic carbocycles. The van der Waals surface area contributed by atoms with Crippen LogP contribution < -0.4 is 5.32 Å². The van der Waals surface area contributed by atoms with Crippen LogP contribution in [0.4, 0.5) is 4.39 Å². The maximum absolute atomic E-state index is 13.0. The molecular weight excluding hydrogens is 253 g/mol. The fraction of sp³-hybridized carbons (Fsp3) is 0.588. The van der Waals surface area contributed by atoms with Crippen LogP contribution in [0.3, 0.4) is 0 Å². The van der Waals surface area contributed by atoms with Crippen molar-refractivity contribution < 1.29 is 9.18 Å². The van der Waals surface area contributed by atoms with Gasteiger partial charge in [-0.25, -0.2) is 4.39 Å². The van der Waals surface area contributed by atoms with Gasteiger partial charge in [0.15, 0.2) is 0 Å². The summed E-state index contributed by atoms with van der Waals surface area (Å²) in [4.78, 5) is 12.0. The number of hydrogen-bond acceptors (Lipinski definition) is 1. The fourth-order valence-electron chi connectivity index (χ4n) is 3.34. The molecule has 0 aliphatic heterocycles. The second-order valence-electron chi connectivity index (χ2n) is 6.42. The average molecular weight is 275 g/mol. The highest BCUT2D eigenvalue weighted by atomic mass is 19.1. The van der Waals surface area contributed by atoms with Crippen molar-refractivity contribution in [3.63, 3.8) is 0 Å². The molecule has 2 nitrogen and oxygen atoms in total. The van der Waals surface area contributed by atoms with Crippen molar-refractivity contribution in [1.29, 1.82) is 0 Å². The zero-order chi connectivity index (χ0) is 14.0. The van der Waals surface area contributed by atoms with Gasteiger partial charge in [0.25, 0.3) is 0 Å². The first-order chi connectivity index (χ1) is 9.68. The summed E-state index contributed by atoms with van der Waals surface area (Å²) in [6.45, 7) is 0.699. The van der Waals surface area contributed by atoms with Gasteiger partial charge >= 0.3 is 0 Å². The van der Waals surface area contributed by atoms with E-state index in [1.165, 1.54) is 37.8 Å². The van der Waals surface area contributed by atoms with Crippen LogP contribution in [0.1, 0.15) is 50.5 Å². The lowest BCUT2D eigenvalue weighted by molar-refractivity contribution is -0.122. The standard InChI is InChI=1S/C17H22FNO/c18-15-7-5-14(6-8-15)17(9-10-17)12-19-16(20)11-13-3-1-2-4-13/h5-8,13H,1-4,9-12H2,(H,19,20). The van der Waals surface area contributed by atoms with E-state index in [2.05, 4.69) is 5.32 Å². The largest absolute Gasteiger partial charge is 0.355 e. The summed E-state index contributed by atoms with van der Waals surface area (Å²) in [6, 6.07) is 6.72. The Labute approximate surface area is 119 Å². The van der Waals surface area contributed by atoms with Crippen molar-refractivity contribution in [2.24, 2.45) is 5.92 Å². The molecule has 1 aromatic rings. The number of benzene rings is 1. The van der Waals surface area contributed by atoms with Gasteiger partial charge in [0.05, 0.1) is 0 Å². The summed E-state index contributed by atoms with van der Waals surface area (Å²) < 4.78 is 13.0. The van der Waals surface area contributed by atoms with Gasteiger partial charge in [-0.15, -0.1) is 0 Å². The Kier molecular flexibility index (Phi) is 3.77. The molecule has 0 saturated heterocycles. The number of amides is 1. The first-order valence-electron chi connectivity index (χ1n) is 7.71. The Morgan fingerprint density at radius 1 is 1.20 bits per heavy atom. The zero-order valence-corrected chi connectivity index (χ0v) is 11.8. The van der Waals surface area contributed by atoms with Crippen LogP contribution in [0.2, 0.25) is 0 Å². The number of carbonyl (C=O) groups excluding carboxylic acids is 1. The number of nitrogens with one attached hydrogen (secondary N) is 1. The molecule has 0 unspecified atom stereocenters. The van der Waals surface area contributed by atoms with Crippen LogP contribution in [0, 0.1) is 11.7 Å². The molecule has 108 valence electrons. The fourth-order valence-corrected chi connectivity index (χ4v) is 3.34. The molecule has 0 atom stereocenters. The van der Waals surface area contributed by atoms with Gasteiger partial charge in [0.2, 0.25) is 5.91 Å². The van der Waals surface area contributed by atoms with Crippen molar-refractivity contribution in [2.75, 3.05) is 6.54 Å². The van der Waals surface area contributed by atoms with Crippen molar-refractivity contribution in [3.05, 3.63) is 35.6 Å². The monoisotopic (exact) mass is 275 g/mol. The molecule has 0 aromatic heterocycles. The lowest BCUT2D eigenvalue weighted by Crippen LogP contribution is -2.33. The number of hydrogen-bond donors (Lipinski definition) is 1. The van der Waals surface area contributed by atoms with Gasteiger partial charge in [-0.2, -0.15) is 0 Å². The molecule has 1 N–H and O–H groups in total. The van der Waals surface area contributed by atoms with Crippen LogP contribution in [0.5, 0.6) is 0 Å².